The summed E-state index contributed by atoms with van der Waals surface area (Å²) < 4.78 is 12.6. The van der Waals surface area contributed by atoms with Crippen molar-refractivity contribution in [3.63, 3.8) is 0 Å². The monoisotopic (exact) mass is 458 g/mol. The van der Waals surface area contributed by atoms with Crippen molar-refractivity contribution in [1.29, 1.82) is 5.26 Å². The van der Waals surface area contributed by atoms with Crippen LogP contribution in [0.2, 0.25) is 0 Å². The number of benzene rings is 2. The molecule has 1 N–H and O–H groups in total. The van der Waals surface area contributed by atoms with Crippen LogP contribution in [0.4, 0.5) is 0 Å². The van der Waals surface area contributed by atoms with Gasteiger partial charge in [-0.3, -0.25) is 4.79 Å². The smallest absolute Gasteiger partial charge is 0.261 e. The van der Waals surface area contributed by atoms with Gasteiger partial charge in [0.1, 0.15) is 23.1 Å². The number of aromatic nitrogens is 2. The molecule has 3 aromatic rings. The molecule has 7 heteroatoms. The van der Waals surface area contributed by atoms with Crippen LogP contribution in [0.25, 0.3) is 23.0 Å². The first kappa shape index (κ1) is 24.7. The van der Waals surface area contributed by atoms with Crippen molar-refractivity contribution in [2.75, 3.05) is 26.9 Å². The molecule has 176 valence electrons. The van der Waals surface area contributed by atoms with Gasteiger partial charge in [0.25, 0.3) is 5.91 Å². The van der Waals surface area contributed by atoms with E-state index in [4.69, 9.17) is 14.6 Å². The molecule has 34 heavy (non-hydrogen) atoms. The molecule has 0 saturated carbocycles. The average Bonchev–Trinajstić information content (AvgIpc) is 3.28. The van der Waals surface area contributed by atoms with Gasteiger partial charge in [-0.2, -0.15) is 10.4 Å². The lowest BCUT2D eigenvalue weighted by molar-refractivity contribution is -0.117. The zero-order chi connectivity index (χ0) is 24.3. The molecule has 0 atom stereocenters. The fourth-order valence-electron chi connectivity index (χ4n) is 3.42. The van der Waals surface area contributed by atoms with E-state index >= 15 is 0 Å². The van der Waals surface area contributed by atoms with E-state index in [0.717, 1.165) is 29.0 Å². The van der Waals surface area contributed by atoms with Crippen molar-refractivity contribution < 1.29 is 14.3 Å². The van der Waals surface area contributed by atoms with Gasteiger partial charge >= 0.3 is 0 Å². The van der Waals surface area contributed by atoms with Crippen LogP contribution in [-0.4, -0.2) is 42.6 Å². The van der Waals surface area contributed by atoms with E-state index in [9.17, 15) is 10.1 Å². The Hall–Kier alpha value is -3.89. The number of methoxy groups -OCH3 is 1. The zero-order valence-electron chi connectivity index (χ0n) is 19.9. The van der Waals surface area contributed by atoms with Crippen LogP contribution in [0, 0.1) is 18.3 Å². The summed E-state index contributed by atoms with van der Waals surface area (Å²) in [6, 6.07) is 17.6. The first-order chi connectivity index (χ1) is 16.6. The van der Waals surface area contributed by atoms with Gasteiger partial charge in [0, 0.05) is 37.6 Å². The second-order valence-corrected chi connectivity index (χ2v) is 7.81. The standard InChI is InChI=1S/C27H30N4O3/c1-4-14-34-25-12-11-21(16-20(25)2)26-23(19-31(30-26)24-9-6-5-7-10-24)17-22(18-28)27(32)29-13-8-15-33-3/h5-7,9-12,16-17,19H,4,8,13-15H2,1-3H3,(H,29,32). The average molecular weight is 459 g/mol. The van der Waals surface area contributed by atoms with E-state index in [0.29, 0.717) is 37.4 Å². The normalized spacial score (nSPS) is 11.2. The Kier molecular flexibility index (Phi) is 9.01. The molecule has 0 fully saturated rings. The maximum absolute atomic E-state index is 12.6. The summed E-state index contributed by atoms with van der Waals surface area (Å²) in [6.07, 6.45) is 5.02. The Morgan fingerprint density at radius 3 is 2.68 bits per heavy atom. The fraction of sp³-hybridized carbons (Fsp3) is 0.296. The second kappa shape index (κ2) is 12.4. The molecule has 0 spiro atoms. The van der Waals surface area contributed by atoms with Crippen LogP contribution in [0.5, 0.6) is 5.75 Å². The van der Waals surface area contributed by atoms with E-state index in [1.807, 2.05) is 67.7 Å². The van der Waals surface area contributed by atoms with Gasteiger partial charge in [-0.05, 0) is 61.7 Å². The Bertz CT molecular complexity index is 1180. The van der Waals surface area contributed by atoms with Gasteiger partial charge in [-0.25, -0.2) is 4.68 Å². The van der Waals surface area contributed by atoms with Crippen molar-refractivity contribution in [1.82, 2.24) is 15.1 Å². The number of carbonyl (C=O) groups excluding carboxylic acids is 1. The molecule has 0 aliphatic heterocycles. The minimum Gasteiger partial charge on any atom is -0.493 e. The number of nitrogens with one attached hydrogen (secondary N) is 1. The van der Waals surface area contributed by atoms with Crippen molar-refractivity contribution in [2.45, 2.75) is 26.7 Å². The molecule has 2 aromatic carbocycles. The first-order valence-corrected chi connectivity index (χ1v) is 11.3. The van der Waals surface area contributed by atoms with Crippen LogP contribution in [0.15, 0.2) is 60.3 Å². The maximum atomic E-state index is 12.6. The third kappa shape index (κ3) is 6.33. The first-order valence-electron chi connectivity index (χ1n) is 11.3. The maximum Gasteiger partial charge on any atom is 0.261 e. The molecule has 0 aliphatic rings. The molecular weight excluding hydrogens is 428 g/mol. The van der Waals surface area contributed by atoms with Gasteiger partial charge in [-0.1, -0.05) is 25.1 Å². The predicted molar refractivity (Wildman–Crippen MR) is 133 cm³/mol. The summed E-state index contributed by atoms with van der Waals surface area (Å²) in [7, 11) is 1.61. The number of rotatable bonds is 11. The van der Waals surface area contributed by atoms with Crippen LogP contribution in [0.3, 0.4) is 0 Å². The molecule has 1 amide bonds. The van der Waals surface area contributed by atoms with Crippen LogP contribution in [-0.2, 0) is 9.53 Å². The third-order valence-corrected chi connectivity index (χ3v) is 5.15. The molecule has 0 aliphatic carbocycles. The SMILES string of the molecule is CCCOc1ccc(-c2nn(-c3ccccc3)cc2C=C(C#N)C(=O)NCCCOC)cc1C. The van der Waals surface area contributed by atoms with Gasteiger partial charge in [0.05, 0.1) is 12.3 Å². The van der Waals surface area contributed by atoms with E-state index < -0.39 is 5.91 Å². The highest BCUT2D eigenvalue weighted by Crippen LogP contribution is 2.30. The number of ether oxygens (including phenoxy) is 2. The van der Waals surface area contributed by atoms with E-state index in [2.05, 4.69) is 12.2 Å². The van der Waals surface area contributed by atoms with Crippen molar-refractivity contribution in [3.05, 3.63) is 71.4 Å². The van der Waals surface area contributed by atoms with Crippen LogP contribution >= 0.6 is 0 Å². The number of aryl methyl sites for hydroxylation is 1. The highest BCUT2D eigenvalue weighted by molar-refractivity contribution is 6.02. The largest absolute Gasteiger partial charge is 0.493 e. The zero-order valence-corrected chi connectivity index (χ0v) is 19.9. The Morgan fingerprint density at radius 2 is 2.00 bits per heavy atom. The van der Waals surface area contributed by atoms with E-state index in [1.165, 1.54) is 0 Å². The summed E-state index contributed by atoms with van der Waals surface area (Å²) in [5.41, 5.74) is 4.12. The lowest BCUT2D eigenvalue weighted by Crippen LogP contribution is -2.26. The molecule has 0 saturated heterocycles. The lowest BCUT2D eigenvalue weighted by Gasteiger charge is -2.09. The van der Waals surface area contributed by atoms with Gasteiger partial charge in [0.2, 0.25) is 0 Å². The van der Waals surface area contributed by atoms with Crippen molar-refractivity contribution >= 4 is 12.0 Å². The Balaban J connectivity index is 2.00. The quantitative estimate of drug-likeness (QED) is 0.256. The molecule has 7 nitrogen and oxygen atoms in total. The summed E-state index contributed by atoms with van der Waals surface area (Å²) >= 11 is 0. The molecule has 0 unspecified atom stereocenters. The molecule has 1 heterocycles. The number of nitrogens with zero attached hydrogens (tertiary/aromatic N) is 3. The molecule has 3 rings (SSSR count). The van der Waals surface area contributed by atoms with Crippen molar-refractivity contribution in [2.24, 2.45) is 0 Å². The molecule has 1 aromatic heterocycles. The Labute approximate surface area is 200 Å². The summed E-state index contributed by atoms with van der Waals surface area (Å²) in [5.74, 6) is 0.412. The number of hydrogen-bond donors (Lipinski definition) is 1. The van der Waals surface area contributed by atoms with Crippen LogP contribution in [0.1, 0.15) is 30.9 Å². The predicted octanol–water partition coefficient (Wildman–Crippen LogP) is 4.70. The number of hydrogen-bond acceptors (Lipinski definition) is 5. The van der Waals surface area contributed by atoms with Gasteiger partial charge in [0.15, 0.2) is 0 Å². The lowest BCUT2D eigenvalue weighted by atomic mass is 10.0. The summed E-state index contributed by atoms with van der Waals surface area (Å²) in [4.78, 5) is 12.6. The minimum atomic E-state index is -0.420. The van der Waals surface area contributed by atoms with E-state index in [-0.39, 0.29) is 5.57 Å². The summed E-state index contributed by atoms with van der Waals surface area (Å²) in [6.45, 7) is 5.69. The van der Waals surface area contributed by atoms with Gasteiger partial charge < -0.3 is 14.8 Å². The minimum absolute atomic E-state index is 0.0194. The fourth-order valence-corrected chi connectivity index (χ4v) is 3.42. The third-order valence-electron chi connectivity index (χ3n) is 5.15. The number of carbonyl (C=O) groups is 1. The number of nitriles is 1. The number of amides is 1. The van der Waals surface area contributed by atoms with Gasteiger partial charge in [-0.15, -0.1) is 0 Å². The number of para-hydroxylation sites is 1. The second-order valence-electron chi connectivity index (χ2n) is 7.81. The van der Waals surface area contributed by atoms with E-state index in [1.54, 1.807) is 17.9 Å². The molecule has 0 bridgehead atoms. The van der Waals surface area contributed by atoms with Crippen LogP contribution < -0.4 is 10.1 Å². The highest BCUT2D eigenvalue weighted by Gasteiger charge is 2.16. The summed E-state index contributed by atoms with van der Waals surface area (Å²) in [5, 5.41) is 17.2. The Morgan fingerprint density at radius 1 is 1.21 bits per heavy atom. The molecular formula is C27H30N4O3. The highest BCUT2D eigenvalue weighted by atomic mass is 16.5. The van der Waals surface area contributed by atoms with Crippen molar-refractivity contribution in [3.8, 4) is 28.8 Å². The topological polar surface area (TPSA) is 89.2 Å². The molecule has 0 radical (unpaired) electrons.